The second-order valence-corrected chi connectivity index (χ2v) is 6.66. The van der Waals surface area contributed by atoms with Crippen molar-refractivity contribution >= 4 is 12.2 Å². The van der Waals surface area contributed by atoms with Gasteiger partial charge in [0.1, 0.15) is 0 Å². The standard InChI is InChI=1S/C20H40N2O4/c1-3-5-7-13-17-25-19(23)21-15-11-9-10-12-16-22-20(24)26-18-14-8-6-4-2/h3-18H2,1-2H3,(H,21,23)(H,22,24). The van der Waals surface area contributed by atoms with Gasteiger partial charge in [0.25, 0.3) is 0 Å². The summed E-state index contributed by atoms with van der Waals surface area (Å²) in [7, 11) is 0. The molecule has 6 nitrogen and oxygen atoms in total. The van der Waals surface area contributed by atoms with Crippen molar-refractivity contribution in [3.05, 3.63) is 0 Å². The molecule has 2 amide bonds. The highest BCUT2D eigenvalue weighted by atomic mass is 16.6. The number of carbonyl (C=O) groups excluding carboxylic acids is 2. The van der Waals surface area contributed by atoms with Crippen molar-refractivity contribution < 1.29 is 19.1 Å². The van der Waals surface area contributed by atoms with Gasteiger partial charge in [-0.1, -0.05) is 65.2 Å². The summed E-state index contributed by atoms with van der Waals surface area (Å²) in [4.78, 5) is 22.9. The first kappa shape index (κ1) is 24.5. The number of hydrogen-bond donors (Lipinski definition) is 2. The number of carbonyl (C=O) groups is 2. The van der Waals surface area contributed by atoms with Gasteiger partial charge in [-0.2, -0.15) is 0 Å². The summed E-state index contributed by atoms with van der Waals surface area (Å²) >= 11 is 0. The van der Waals surface area contributed by atoms with Crippen LogP contribution in [0.25, 0.3) is 0 Å². The quantitative estimate of drug-likeness (QED) is 0.346. The molecule has 0 atom stereocenters. The summed E-state index contributed by atoms with van der Waals surface area (Å²) in [6, 6.07) is 0. The fraction of sp³-hybridized carbons (Fsp3) is 0.900. The molecule has 0 saturated heterocycles. The molecular formula is C20H40N2O4. The molecule has 0 unspecified atom stereocenters. The van der Waals surface area contributed by atoms with Crippen LogP contribution >= 0.6 is 0 Å². The summed E-state index contributed by atoms with van der Waals surface area (Å²) < 4.78 is 10.2. The predicted molar refractivity (Wildman–Crippen MR) is 105 cm³/mol. The van der Waals surface area contributed by atoms with E-state index in [9.17, 15) is 9.59 Å². The third-order valence-electron chi connectivity index (χ3n) is 4.10. The Morgan fingerprint density at radius 3 is 1.35 bits per heavy atom. The molecule has 0 aromatic carbocycles. The van der Waals surface area contributed by atoms with Crippen LogP contribution in [0.15, 0.2) is 0 Å². The molecule has 6 heteroatoms. The van der Waals surface area contributed by atoms with Crippen LogP contribution in [0.3, 0.4) is 0 Å². The Morgan fingerprint density at radius 1 is 0.577 bits per heavy atom. The van der Waals surface area contributed by atoms with E-state index in [4.69, 9.17) is 9.47 Å². The Bertz CT molecular complexity index is 306. The maximum atomic E-state index is 11.4. The summed E-state index contributed by atoms with van der Waals surface area (Å²) in [5.41, 5.74) is 0. The van der Waals surface area contributed by atoms with Crippen LogP contribution in [-0.4, -0.2) is 38.5 Å². The minimum atomic E-state index is -0.315. The fourth-order valence-corrected chi connectivity index (χ4v) is 2.47. The van der Waals surface area contributed by atoms with Crippen molar-refractivity contribution in [2.75, 3.05) is 26.3 Å². The van der Waals surface area contributed by atoms with E-state index in [2.05, 4.69) is 24.5 Å². The second-order valence-electron chi connectivity index (χ2n) is 6.66. The zero-order chi connectivity index (χ0) is 19.3. The van der Waals surface area contributed by atoms with Gasteiger partial charge < -0.3 is 20.1 Å². The van der Waals surface area contributed by atoms with Gasteiger partial charge in [0.15, 0.2) is 0 Å². The molecule has 0 aromatic heterocycles. The van der Waals surface area contributed by atoms with E-state index >= 15 is 0 Å². The lowest BCUT2D eigenvalue weighted by Crippen LogP contribution is -2.26. The Balaban J connectivity index is 3.25. The number of alkyl carbamates (subject to hydrolysis) is 2. The molecule has 2 N–H and O–H groups in total. The van der Waals surface area contributed by atoms with Crippen LogP contribution in [0.2, 0.25) is 0 Å². The monoisotopic (exact) mass is 372 g/mol. The Hall–Kier alpha value is -1.46. The number of nitrogens with one attached hydrogen (secondary N) is 2. The molecule has 154 valence electrons. The number of amides is 2. The van der Waals surface area contributed by atoms with E-state index in [1.807, 2.05) is 0 Å². The summed E-state index contributed by atoms with van der Waals surface area (Å²) in [6.45, 7) is 6.61. The predicted octanol–water partition coefficient (Wildman–Crippen LogP) is 5.16. The van der Waals surface area contributed by atoms with E-state index in [1.54, 1.807) is 0 Å². The number of hydrogen-bond acceptors (Lipinski definition) is 4. The number of unbranched alkanes of at least 4 members (excludes halogenated alkanes) is 9. The molecule has 0 aliphatic carbocycles. The molecule has 0 aromatic rings. The number of ether oxygens (including phenoxy) is 2. The summed E-state index contributed by atoms with van der Waals surface area (Å²) in [6.07, 6.45) is 12.1. The summed E-state index contributed by atoms with van der Waals surface area (Å²) in [5.74, 6) is 0. The minimum absolute atomic E-state index is 0.315. The Morgan fingerprint density at radius 2 is 0.962 bits per heavy atom. The minimum Gasteiger partial charge on any atom is -0.450 e. The van der Waals surface area contributed by atoms with E-state index in [0.717, 1.165) is 51.4 Å². The van der Waals surface area contributed by atoms with E-state index in [-0.39, 0.29) is 12.2 Å². The highest BCUT2D eigenvalue weighted by Gasteiger charge is 2.02. The number of rotatable bonds is 17. The van der Waals surface area contributed by atoms with Gasteiger partial charge in [-0.3, -0.25) is 0 Å². The van der Waals surface area contributed by atoms with Gasteiger partial charge in [0, 0.05) is 13.1 Å². The molecule has 0 fully saturated rings. The van der Waals surface area contributed by atoms with Gasteiger partial charge in [0.05, 0.1) is 13.2 Å². The van der Waals surface area contributed by atoms with Crippen molar-refractivity contribution in [3.8, 4) is 0 Å². The lowest BCUT2D eigenvalue weighted by molar-refractivity contribution is 0.142. The zero-order valence-electron chi connectivity index (χ0n) is 16.9. The largest absolute Gasteiger partial charge is 0.450 e. The zero-order valence-corrected chi connectivity index (χ0v) is 16.9. The first-order valence-corrected chi connectivity index (χ1v) is 10.5. The Kier molecular flexibility index (Phi) is 18.7. The molecule has 0 bridgehead atoms. The average Bonchev–Trinajstić information content (AvgIpc) is 2.63. The third-order valence-corrected chi connectivity index (χ3v) is 4.10. The van der Waals surface area contributed by atoms with Crippen molar-refractivity contribution in [2.24, 2.45) is 0 Å². The third kappa shape index (κ3) is 18.9. The van der Waals surface area contributed by atoms with Crippen molar-refractivity contribution in [1.29, 1.82) is 0 Å². The molecule has 0 aliphatic rings. The lowest BCUT2D eigenvalue weighted by atomic mass is 10.2. The smallest absolute Gasteiger partial charge is 0.407 e. The maximum absolute atomic E-state index is 11.4. The van der Waals surface area contributed by atoms with Crippen LogP contribution in [0, 0.1) is 0 Å². The molecular weight excluding hydrogens is 332 g/mol. The molecule has 0 saturated carbocycles. The van der Waals surface area contributed by atoms with Crippen LogP contribution < -0.4 is 10.6 Å². The molecule has 0 radical (unpaired) electrons. The average molecular weight is 373 g/mol. The molecule has 0 spiro atoms. The topological polar surface area (TPSA) is 76.7 Å². The summed E-state index contributed by atoms with van der Waals surface area (Å²) in [5, 5.41) is 5.54. The molecule has 0 rings (SSSR count). The van der Waals surface area contributed by atoms with E-state index < -0.39 is 0 Å². The highest BCUT2D eigenvalue weighted by molar-refractivity contribution is 5.67. The Labute approximate surface area is 159 Å². The van der Waals surface area contributed by atoms with Crippen molar-refractivity contribution in [1.82, 2.24) is 10.6 Å². The fourth-order valence-electron chi connectivity index (χ4n) is 2.47. The van der Waals surface area contributed by atoms with Crippen molar-refractivity contribution in [3.63, 3.8) is 0 Å². The molecule has 0 heterocycles. The van der Waals surface area contributed by atoms with Crippen LogP contribution in [0.4, 0.5) is 9.59 Å². The second kappa shape index (κ2) is 19.9. The van der Waals surface area contributed by atoms with Crippen molar-refractivity contribution in [2.45, 2.75) is 90.9 Å². The first-order valence-electron chi connectivity index (χ1n) is 10.5. The van der Waals surface area contributed by atoms with Gasteiger partial charge in [-0.15, -0.1) is 0 Å². The van der Waals surface area contributed by atoms with Crippen LogP contribution in [-0.2, 0) is 9.47 Å². The first-order chi connectivity index (χ1) is 12.7. The maximum Gasteiger partial charge on any atom is 0.407 e. The molecule has 0 aliphatic heterocycles. The van der Waals surface area contributed by atoms with Crippen LogP contribution in [0.5, 0.6) is 0 Å². The molecule has 26 heavy (non-hydrogen) atoms. The van der Waals surface area contributed by atoms with E-state index in [1.165, 1.54) is 25.7 Å². The lowest BCUT2D eigenvalue weighted by Gasteiger charge is -2.08. The van der Waals surface area contributed by atoms with Gasteiger partial charge >= 0.3 is 12.2 Å². The van der Waals surface area contributed by atoms with Gasteiger partial charge in [-0.25, -0.2) is 9.59 Å². The van der Waals surface area contributed by atoms with Crippen LogP contribution in [0.1, 0.15) is 90.9 Å². The SMILES string of the molecule is CCCCCCOC(=O)NCCCCCCNC(=O)OCCCCCC. The normalized spacial score (nSPS) is 10.4. The van der Waals surface area contributed by atoms with Gasteiger partial charge in [0.2, 0.25) is 0 Å². The van der Waals surface area contributed by atoms with E-state index in [0.29, 0.717) is 26.3 Å². The van der Waals surface area contributed by atoms with Gasteiger partial charge in [-0.05, 0) is 25.7 Å². The highest BCUT2D eigenvalue weighted by Crippen LogP contribution is 2.01.